The fourth-order valence-electron chi connectivity index (χ4n) is 2.22. The zero-order valence-corrected chi connectivity index (χ0v) is 13.9. The van der Waals surface area contributed by atoms with Crippen molar-refractivity contribution in [3.05, 3.63) is 53.2 Å². The molecule has 0 bridgehead atoms. The molecule has 126 valence electrons. The highest BCUT2D eigenvalue weighted by molar-refractivity contribution is 6.05. The summed E-state index contributed by atoms with van der Waals surface area (Å²) in [5, 5.41) is 11.7. The van der Waals surface area contributed by atoms with Crippen molar-refractivity contribution in [3.63, 3.8) is 0 Å². The highest BCUT2D eigenvalue weighted by Crippen LogP contribution is 2.19. The number of anilines is 1. The lowest BCUT2D eigenvalue weighted by atomic mass is 10.0. The van der Waals surface area contributed by atoms with E-state index in [2.05, 4.69) is 10.3 Å². The lowest BCUT2D eigenvalue weighted by Gasteiger charge is -2.10. The molecule has 0 aliphatic heterocycles. The Morgan fingerprint density at radius 1 is 1.21 bits per heavy atom. The molecule has 6 nitrogen and oxygen atoms in total. The third kappa shape index (κ3) is 4.32. The molecule has 0 fully saturated rings. The molecule has 6 heteroatoms. The quantitative estimate of drug-likeness (QED) is 0.851. The van der Waals surface area contributed by atoms with Gasteiger partial charge in [-0.05, 0) is 43.2 Å². The fourth-order valence-corrected chi connectivity index (χ4v) is 2.22. The van der Waals surface area contributed by atoms with Crippen LogP contribution in [0.3, 0.4) is 0 Å². The van der Waals surface area contributed by atoms with Gasteiger partial charge in [-0.2, -0.15) is 0 Å². The summed E-state index contributed by atoms with van der Waals surface area (Å²) in [5.74, 6) is -1.31. The van der Waals surface area contributed by atoms with E-state index in [4.69, 9.17) is 9.84 Å². The summed E-state index contributed by atoms with van der Waals surface area (Å²) in [6, 6.07) is 10.5. The van der Waals surface area contributed by atoms with Crippen LogP contribution >= 0.6 is 0 Å². The van der Waals surface area contributed by atoms with Gasteiger partial charge in [0, 0.05) is 11.4 Å². The SMILES string of the molecule is COc1nc(C)ccc1C(=O)Nc1ccc(CC(C)C(=O)O)cc1. The van der Waals surface area contributed by atoms with E-state index < -0.39 is 11.9 Å². The Hall–Kier alpha value is -2.89. The first-order valence-electron chi connectivity index (χ1n) is 7.55. The summed E-state index contributed by atoms with van der Waals surface area (Å²) in [4.78, 5) is 27.4. The molecule has 1 atom stereocenters. The van der Waals surface area contributed by atoms with Crippen molar-refractivity contribution in [2.45, 2.75) is 20.3 Å². The van der Waals surface area contributed by atoms with Crippen molar-refractivity contribution in [2.24, 2.45) is 5.92 Å². The van der Waals surface area contributed by atoms with E-state index in [0.29, 0.717) is 17.7 Å². The van der Waals surface area contributed by atoms with E-state index in [-0.39, 0.29) is 11.8 Å². The number of methoxy groups -OCH3 is 1. The number of benzene rings is 1. The molecular formula is C18H20N2O4. The molecule has 1 amide bonds. The molecule has 0 aliphatic rings. The van der Waals surface area contributed by atoms with E-state index in [1.165, 1.54) is 7.11 Å². The number of pyridine rings is 1. The number of hydrogen-bond acceptors (Lipinski definition) is 4. The van der Waals surface area contributed by atoms with Crippen molar-refractivity contribution >= 4 is 17.6 Å². The number of carbonyl (C=O) groups excluding carboxylic acids is 1. The Balaban J connectivity index is 2.08. The minimum Gasteiger partial charge on any atom is -0.481 e. The van der Waals surface area contributed by atoms with E-state index in [9.17, 15) is 9.59 Å². The van der Waals surface area contributed by atoms with Gasteiger partial charge in [0.05, 0.1) is 13.0 Å². The second-order valence-corrected chi connectivity index (χ2v) is 5.60. The maximum Gasteiger partial charge on any atom is 0.306 e. The van der Waals surface area contributed by atoms with Crippen LogP contribution in [0.5, 0.6) is 5.88 Å². The number of hydrogen-bond donors (Lipinski definition) is 2. The molecule has 1 unspecified atom stereocenters. The van der Waals surface area contributed by atoms with Crippen LogP contribution in [0.15, 0.2) is 36.4 Å². The second-order valence-electron chi connectivity index (χ2n) is 5.60. The number of aliphatic carboxylic acids is 1. The molecule has 2 aromatic rings. The monoisotopic (exact) mass is 328 g/mol. The van der Waals surface area contributed by atoms with Gasteiger partial charge in [-0.25, -0.2) is 4.98 Å². The Labute approximate surface area is 140 Å². The summed E-state index contributed by atoms with van der Waals surface area (Å²) < 4.78 is 5.14. The Kier molecular flexibility index (Phi) is 5.52. The highest BCUT2D eigenvalue weighted by Gasteiger charge is 2.15. The molecule has 0 saturated carbocycles. The predicted octanol–water partition coefficient (Wildman–Crippen LogP) is 2.91. The summed E-state index contributed by atoms with van der Waals surface area (Å²) in [5.41, 5.74) is 2.64. The Bertz CT molecular complexity index is 741. The lowest BCUT2D eigenvalue weighted by Crippen LogP contribution is -2.14. The van der Waals surface area contributed by atoms with Crippen LogP contribution in [-0.4, -0.2) is 29.1 Å². The van der Waals surface area contributed by atoms with Crippen LogP contribution in [-0.2, 0) is 11.2 Å². The fraction of sp³-hybridized carbons (Fsp3) is 0.278. The van der Waals surface area contributed by atoms with Gasteiger partial charge in [0.15, 0.2) is 0 Å². The molecule has 0 aliphatic carbocycles. The minimum atomic E-state index is -0.827. The van der Waals surface area contributed by atoms with Gasteiger partial charge in [0.25, 0.3) is 5.91 Å². The van der Waals surface area contributed by atoms with E-state index >= 15 is 0 Å². The first-order chi connectivity index (χ1) is 11.4. The summed E-state index contributed by atoms with van der Waals surface area (Å²) in [7, 11) is 1.47. The molecule has 0 saturated heterocycles. The highest BCUT2D eigenvalue weighted by atomic mass is 16.5. The maximum atomic E-state index is 12.3. The molecule has 1 aromatic heterocycles. The Morgan fingerprint density at radius 2 is 1.88 bits per heavy atom. The number of aromatic nitrogens is 1. The van der Waals surface area contributed by atoms with Gasteiger partial charge in [-0.3, -0.25) is 9.59 Å². The van der Waals surface area contributed by atoms with Gasteiger partial charge in [0.1, 0.15) is 5.56 Å². The molecular weight excluding hydrogens is 308 g/mol. The standard InChI is InChI=1S/C18H20N2O4/c1-11(18(22)23)10-13-5-7-14(8-6-13)20-16(21)15-9-4-12(2)19-17(15)24-3/h4-9,11H,10H2,1-3H3,(H,20,21)(H,22,23). The zero-order chi connectivity index (χ0) is 17.7. The van der Waals surface area contributed by atoms with Crippen molar-refractivity contribution in [2.75, 3.05) is 12.4 Å². The number of rotatable bonds is 6. The summed E-state index contributed by atoms with van der Waals surface area (Å²) in [6.45, 7) is 3.48. The zero-order valence-electron chi connectivity index (χ0n) is 13.9. The van der Waals surface area contributed by atoms with Crippen LogP contribution < -0.4 is 10.1 Å². The van der Waals surface area contributed by atoms with E-state index in [1.807, 2.05) is 6.92 Å². The van der Waals surface area contributed by atoms with Crippen molar-refractivity contribution in [1.29, 1.82) is 0 Å². The molecule has 1 heterocycles. The van der Waals surface area contributed by atoms with E-state index in [1.54, 1.807) is 43.3 Å². The first kappa shape index (κ1) is 17.5. The molecule has 1 aromatic carbocycles. The van der Waals surface area contributed by atoms with Crippen LogP contribution in [0, 0.1) is 12.8 Å². The molecule has 0 radical (unpaired) electrons. The van der Waals surface area contributed by atoms with Crippen LogP contribution in [0.4, 0.5) is 5.69 Å². The first-order valence-corrected chi connectivity index (χ1v) is 7.55. The number of carboxylic acid groups (broad SMARTS) is 1. The van der Waals surface area contributed by atoms with Crippen LogP contribution in [0.2, 0.25) is 0 Å². The minimum absolute atomic E-state index is 0.277. The number of ether oxygens (including phenoxy) is 1. The molecule has 2 rings (SSSR count). The number of nitrogens with zero attached hydrogens (tertiary/aromatic N) is 1. The normalized spacial score (nSPS) is 11.6. The van der Waals surface area contributed by atoms with Crippen LogP contribution in [0.1, 0.15) is 28.5 Å². The van der Waals surface area contributed by atoms with Gasteiger partial charge < -0.3 is 15.2 Å². The Morgan fingerprint density at radius 3 is 2.46 bits per heavy atom. The molecule has 24 heavy (non-hydrogen) atoms. The number of aryl methyl sites for hydroxylation is 1. The number of carboxylic acids is 1. The van der Waals surface area contributed by atoms with Crippen molar-refractivity contribution in [1.82, 2.24) is 4.98 Å². The lowest BCUT2D eigenvalue weighted by molar-refractivity contribution is -0.141. The smallest absolute Gasteiger partial charge is 0.306 e. The van der Waals surface area contributed by atoms with Crippen molar-refractivity contribution < 1.29 is 19.4 Å². The van der Waals surface area contributed by atoms with Crippen molar-refractivity contribution in [3.8, 4) is 5.88 Å². The number of nitrogens with one attached hydrogen (secondary N) is 1. The third-order valence-electron chi connectivity index (χ3n) is 3.61. The average Bonchev–Trinajstić information content (AvgIpc) is 2.56. The topological polar surface area (TPSA) is 88.5 Å². The number of amides is 1. The molecule has 0 spiro atoms. The van der Waals surface area contributed by atoms with Gasteiger partial charge >= 0.3 is 5.97 Å². The van der Waals surface area contributed by atoms with Crippen LogP contribution in [0.25, 0.3) is 0 Å². The second kappa shape index (κ2) is 7.59. The number of carbonyl (C=O) groups is 2. The molecule has 2 N–H and O–H groups in total. The van der Waals surface area contributed by atoms with Gasteiger partial charge in [-0.1, -0.05) is 19.1 Å². The van der Waals surface area contributed by atoms with Gasteiger partial charge in [0.2, 0.25) is 5.88 Å². The largest absolute Gasteiger partial charge is 0.481 e. The maximum absolute atomic E-state index is 12.3. The third-order valence-corrected chi connectivity index (χ3v) is 3.61. The van der Waals surface area contributed by atoms with Gasteiger partial charge in [-0.15, -0.1) is 0 Å². The summed E-state index contributed by atoms with van der Waals surface area (Å²) >= 11 is 0. The predicted molar refractivity (Wildman–Crippen MR) is 90.4 cm³/mol. The van der Waals surface area contributed by atoms with E-state index in [0.717, 1.165) is 11.3 Å². The summed E-state index contributed by atoms with van der Waals surface area (Å²) in [6.07, 6.45) is 0.444. The average molecular weight is 328 g/mol.